The van der Waals surface area contributed by atoms with Crippen LogP contribution in [0.15, 0.2) is 53.4 Å². The predicted molar refractivity (Wildman–Crippen MR) is 102 cm³/mol. The van der Waals surface area contributed by atoms with Gasteiger partial charge in [0.25, 0.3) is 0 Å². The number of ether oxygens (including phenoxy) is 2. The average Bonchev–Trinajstić information content (AvgIpc) is 2.62. The average molecular weight is 384 g/mol. The van der Waals surface area contributed by atoms with Crippen molar-refractivity contribution in [3.63, 3.8) is 0 Å². The Kier molecular flexibility index (Phi) is 8.03. The van der Waals surface area contributed by atoms with Gasteiger partial charge in [0.1, 0.15) is 11.6 Å². The zero-order chi connectivity index (χ0) is 16.8. The maximum Gasteiger partial charge on any atom is 0.132 e. The molecule has 1 saturated heterocycles. The van der Waals surface area contributed by atoms with Crippen molar-refractivity contribution in [1.29, 1.82) is 0 Å². The van der Waals surface area contributed by atoms with Gasteiger partial charge in [0.05, 0.1) is 29.5 Å². The summed E-state index contributed by atoms with van der Waals surface area (Å²) in [6, 6.07) is 14.7. The van der Waals surface area contributed by atoms with Crippen LogP contribution in [0.2, 0.25) is 0 Å². The van der Waals surface area contributed by atoms with E-state index in [1.165, 1.54) is 6.07 Å². The van der Waals surface area contributed by atoms with E-state index in [1.807, 2.05) is 37.3 Å². The normalized spacial score (nSPS) is 18.2. The third-order valence-electron chi connectivity index (χ3n) is 3.87. The molecule has 0 spiro atoms. The molecule has 0 amide bonds. The molecule has 0 aliphatic carbocycles. The minimum atomic E-state index is -0.222. The second-order valence-electron chi connectivity index (χ2n) is 5.59. The fraction of sp³-hybridized carbons (Fsp3) is 0.368. The van der Waals surface area contributed by atoms with Crippen LogP contribution in [0.3, 0.4) is 0 Å². The first-order chi connectivity index (χ1) is 11.8. The first kappa shape index (κ1) is 20.0. The van der Waals surface area contributed by atoms with Gasteiger partial charge in [-0.1, -0.05) is 24.3 Å². The maximum atomic E-state index is 13.7. The summed E-state index contributed by atoms with van der Waals surface area (Å²) in [5, 5.41) is 3.36. The van der Waals surface area contributed by atoms with Crippen LogP contribution in [-0.2, 0) is 4.74 Å². The van der Waals surface area contributed by atoms with Crippen LogP contribution < -0.4 is 10.1 Å². The molecule has 0 radical (unpaired) electrons. The Morgan fingerprint density at radius 3 is 2.84 bits per heavy atom. The molecule has 1 aliphatic heterocycles. The molecule has 6 heteroatoms. The number of nitrogens with one attached hydrogen (secondary N) is 1. The van der Waals surface area contributed by atoms with E-state index in [0.717, 1.165) is 29.3 Å². The largest absolute Gasteiger partial charge is 0.493 e. The van der Waals surface area contributed by atoms with Crippen molar-refractivity contribution >= 4 is 24.2 Å². The Hall–Kier alpha value is -1.27. The van der Waals surface area contributed by atoms with Crippen molar-refractivity contribution in [2.24, 2.45) is 0 Å². The lowest BCUT2D eigenvalue weighted by Crippen LogP contribution is -2.41. The van der Waals surface area contributed by atoms with Crippen LogP contribution in [0.25, 0.3) is 0 Å². The lowest BCUT2D eigenvalue weighted by Gasteiger charge is -2.31. The third kappa shape index (κ3) is 5.35. The summed E-state index contributed by atoms with van der Waals surface area (Å²) in [7, 11) is 0. The van der Waals surface area contributed by atoms with Gasteiger partial charge in [0.2, 0.25) is 0 Å². The second-order valence-corrected chi connectivity index (χ2v) is 6.77. The summed E-state index contributed by atoms with van der Waals surface area (Å²) in [5.74, 6) is 0.634. The van der Waals surface area contributed by atoms with Gasteiger partial charge in [-0.15, -0.1) is 24.2 Å². The van der Waals surface area contributed by atoms with Gasteiger partial charge >= 0.3 is 0 Å². The highest BCUT2D eigenvalue weighted by Gasteiger charge is 2.28. The van der Waals surface area contributed by atoms with Gasteiger partial charge in [0, 0.05) is 13.1 Å². The summed E-state index contributed by atoms with van der Waals surface area (Å²) in [5.41, 5.74) is 0.931. The number of morpholine rings is 1. The smallest absolute Gasteiger partial charge is 0.132 e. The van der Waals surface area contributed by atoms with E-state index in [4.69, 9.17) is 9.47 Å². The number of halogens is 2. The van der Waals surface area contributed by atoms with Gasteiger partial charge in [-0.25, -0.2) is 4.39 Å². The summed E-state index contributed by atoms with van der Waals surface area (Å²) in [4.78, 5) is 1.04. The fourth-order valence-corrected chi connectivity index (χ4v) is 4.06. The first-order valence-electron chi connectivity index (χ1n) is 8.24. The summed E-state index contributed by atoms with van der Waals surface area (Å²) < 4.78 is 25.4. The molecular weight excluding hydrogens is 361 g/mol. The van der Waals surface area contributed by atoms with Gasteiger partial charge in [-0.05, 0) is 36.8 Å². The molecule has 1 fully saturated rings. The monoisotopic (exact) mass is 383 g/mol. The second kappa shape index (κ2) is 10.0. The molecule has 136 valence electrons. The van der Waals surface area contributed by atoms with E-state index >= 15 is 0 Å². The predicted octanol–water partition coefficient (Wildman–Crippen LogP) is 4.47. The van der Waals surface area contributed by atoms with E-state index < -0.39 is 0 Å². The molecule has 3 nitrogen and oxygen atoms in total. The minimum absolute atomic E-state index is 0. The van der Waals surface area contributed by atoms with Crippen molar-refractivity contribution in [2.45, 2.75) is 23.2 Å². The Balaban J connectivity index is 0.00000225. The summed E-state index contributed by atoms with van der Waals surface area (Å²) >= 11 is 1.67. The van der Waals surface area contributed by atoms with Crippen molar-refractivity contribution < 1.29 is 13.9 Å². The molecule has 0 bridgehead atoms. The quantitative estimate of drug-likeness (QED) is 0.745. The molecule has 0 aromatic heterocycles. The van der Waals surface area contributed by atoms with E-state index in [0.29, 0.717) is 13.2 Å². The number of rotatable bonds is 6. The molecule has 2 atom stereocenters. The van der Waals surface area contributed by atoms with Gasteiger partial charge in [0.15, 0.2) is 0 Å². The molecule has 2 aromatic carbocycles. The molecule has 1 N–H and O–H groups in total. The van der Waals surface area contributed by atoms with Crippen LogP contribution in [0.1, 0.15) is 17.7 Å². The molecule has 1 heterocycles. The third-order valence-corrected chi connectivity index (χ3v) is 5.29. The molecule has 0 unspecified atom stereocenters. The highest BCUT2D eigenvalue weighted by Crippen LogP contribution is 2.43. The van der Waals surface area contributed by atoms with Crippen molar-refractivity contribution in [3.8, 4) is 5.75 Å². The number of hydrogen-bond acceptors (Lipinski definition) is 4. The standard InChI is InChI=1S/C19H22FNO2S.ClH/c1-2-22-16-8-3-4-9-18(16)24-19(17-13-21-10-11-23-17)14-6-5-7-15(20)12-14;/h3-9,12,17,19,21H,2,10-11,13H2,1H3;1H/t17-,19-;/m1./s1. The molecule has 2 aromatic rings. The SMILES string of the molecule is CCOc1ccccc1S[C@H](c1cccc(F)c1)[C@H]1CNCCO1.Cl. The lowest BCUT2D eigenvalue weighted by atomic mass is 10.1. The van der Waals surface area contributed by atoms with Crippen LogP contribution in [0.4, 0.5) is 4.39 Å². The summed E-state index contributed by atoms with van der Waals surface area (Å²) in [6.07, 6.45) is -0.0137. The molecule has 25 heavy (non-hydrogen) atoms. The number of para-hydroxylation sites is 1. The Labute approximate surface area is 158 Å². The van der Waals surface area contributed by atoms with Gasteiger partial charge in [-0.3, -0.25) is 0 Å². The Bertz CT molecular complexity index is 667. The van der Waals surface area contributed by atoms with Crippen molar-refractivity contribution in [1.82, 2.24) is 5.32 Å². The van der Waals surface area contributed by atoms with Crippen LogP contribution >= 0.6 is 24.2 Å². The van der Waals surface area contributed by atoms with Crippen LogP contribution in [0.5, 0.6) is 5.75 Å². The number of benzene rings is 2. The first-order valence-corrected chi connectivity index (χ1v) is 9.12. The van der Waals surface area contributed by atoms with Crippen LogP contribution in [-0.4, -0.2) is 32.4 Å². The highest BCUT2D eigenvalue weighted by atomic mass is 35.5. The Morgan fingerprint density at radius 2 is 2.12 bits per heavy atom. The van der Waals surface area contributed by atoms with E-state index in [2.05, 4.69) is 5.32 Å². The van der Waals surface area contributed by atoms with Crippen LogP contribution in [0, 0.1) is 5.82 Å². The Morgan fingerprint density at radius 1 is 1.28 bits per heavy atom. The van der Waals surface area contributed by atoms with Gasteiger partial charge < -0.3 is 14.8 Å². The van der Waals surface area contributed by atoms with E-state index in [9.17, 15) is 4.39 Å². The molecule has 1 aliphatic rings. The van der Waals surface area contributed by atoms with Crippen molar-refractivity contribution in [2.75, 3.05) is 26.3 Å². The van der Waals surface area contributed by atoms with Gasteiger partial charge in [-0.2, -0.15) is 0 Å². The van der Waals surface area contributed by atoms with Crippen molar-refractivity contribution in [3.05, 3.63) is 59.9 Å². The topological polar surface area (TPSA) is 30.5 Å². The zero-order valence-corrected chi connectivity index (χ0v) is 15.7. The maximum absolute atomic E-state index is 13.7. The minimum Gasteiger partial charge on any atom is -0.493 e. The fourth-order valence-electron chi connectivity index (χ4n) is 2.78. The van der Waals surface area contributed by atoms with E-state index in [-0.39, 0.29) is 29.6 Å². The molecule has 3 rings (SSSR count). The zero-order valence-electron chi connectivity index (χ0n) is 14.1. The summed E-state index contributed by atoms with van der Waals surface area (Å²) in [6.45, 7) is 4.87. The highest BCUT2D eigenvalue weighted by molar-refractivity contribution is 7.99. The molecule has 0 saturated carbocycles. The van der Waals surface area contributed by atoms with E-state index in [1.54, 1.807) is 23.9 Å². The number of thioether (sulfide) groups is 1. The number of hydrogen-bond donors (Lipinski definition) is 1. The lowest BCUT2D eigenvalue weighted by molar-refractivity contribution is 0.0273. The molecular formula is C19H23ClFNO2S.